The standard InChI is InChI=1S/C14H30N4O4/c15-9-5-1-3-7-11(17)21-13(19)14(20)22-12(18)8-4-2-6-10-16/h11-12H,1-10,15-18H2. The minimum absolute atomic E-state index is 0.476. The molecule has 0 radical (unpaired) electrons. The summed E-state index contributed by atoms with van der Waals surface area (Å²) in [5.41, 5.74) is 22.0. The van der Waals surface area contributed by atoms with Gasteiger partial charge in [0.1, 0.15) is 0 Å². The molecule has 8 nitrogen and oxygen atoms in total. The van der Waals surface area contributed by atoms with Gasteiger partial charge >= 0.3 is 11.9 Å². The molecule has 0 saturated carbocycles. The summed E-state index contributed by atoms with van der Waals surface area (Å²) in [6.07, 6.45) is 4.46. The summed E-state index contributed by atoms with van der Waals surface area (Å²) < 4.78 is 9.59. The number of unbranched alkanes of at least 4 members (excludes halogenated alkanes) is 4. The van der Waals surface area contributed by atoms with E-state index >= 15 is 0 Å². The first-order chi connectivity index (χ1) is 10.5. The Morgan fingerprint density at radius 3 is 1.36 bits per heavy atom. The third-order valence-corrected chi connectivity index (χ3v) is 3.07. The van der Waals surface area contributed by atoms with Crippen LogP contribution >= 0.6 is 0 Å². The number of carbonyl (C=O) groups excluding carboxylic acids is 2. The van der Waals surface area contributed by atoms with Crippen LogP contribution in [0.15, 0.2) is 0 Å². The van der Waals surface area contributed by atoms with Crippen LogP contribution in [-0.4, -0.2) is 37.5 Å². The minimum atomic E-state index is -1.11. The topological polar surface area (TPSA) is 157 Å². The fourth-order valence-electron chi connectivity index (χ4n) is 1.82. The van der Waals surface area contributed by atoms with E-state index in [9.17, 15) is 9.59 Å². The third-order valence-electron chi connectivity index (χ3n) is 3.07. The van der Waals surface area contributed by atoms with Gasteiger partial charge in [0, 0.05) is 0 Å². The molecule has 8 N–H and O–H groups in total. The Hall–Kier alpha value is -1.22. The van der Waals surface area contributed by atoms with E-state index in [1.54, 1.807) is 0 Å². The lowest BCUT2D eigenvalue weighted by Crippen LogP contribution is -2.35. The second kappa shape index (κ2) is 13.4. The molecule has 2 atom stereocenters. The lowest BCUT2D eigenvalue weighted by molar-refractivity contribution is -0.174. The zero-order chi connectivity index (χ0) is 16.8. The Balaban J connectivity index is 3.83. The summed E-state index contributed by atoms with van der Waals surface area (Å²) in [4.78, 5) is 23.0. The highest BCUT2D eigenvalue weighted by molar-refractivity contribution is 6.29. The molecule has 22 heavy (non-hydrogen) atoms. The molecule has 0 fully saturated rings. The molecule has 2 unspecified atom stereocenters. The van der Waals surface area contributed by atoms with Crippen LogP contribution in [-0.2, 0) is 19.1 Å². The van der Waals surface area contributed by atoms with Gasteiger partial charge in [-0.25, -0.2) is 9.59 Å². The fourth-order valence-corrected chi connectivity index (χ4v) is 1.82. The van der Waals surface area contributed by atoms with E-state index in [4.69, 9.17) is 32.4 Å². The van der Waals surface area contributed by atoms with Gasteiger partial charge in [-0.3, -0.25) is 11.5 Å². The summed E-state index contributed by atoms with van der Waals surface area (Å²) in [6.45, 7) is 1.23. The van der Waals surface area contributed by atoms with E-state index in [0.717, 1.165) is 38.5 Å². The fraction of sp³-hybridized carbons (Fsp3) is 0.857. The van der Waals surface area contributed by atoms with Crippen molar-refractivity contribution < 1.29 is 19.1 Å². The first-order valence-corrected chi connectivity index (χ1v) is 7.84. The van der Waals surface area contributed by atoms with E-state index in [2.05, 4.69) is 0 Å². The molecule has 0 rings (SSSR count). The summed E-state index contributed by atoms with van der Waals surface area (Å²) >= 11 is 0. The summed E-state index contributed by atoms with van der Waals surface area (Å²) in [5.74, 6) is -2.22. The second-order valence-electron chi connectivity index (χ2n) is 5.16. The number of ether oxygens (including phenoxy) is 2. The van der Waals surface area contributed by atoms with Crippen LogP contribution in [0.4, 0.5) is 0 Å². The van der Waals surface area contributed by atoms with Gasteiger partial charge in [0.25, 0.3) is 0 Å². The van der Waals surface area contributed by atoms with E-state index in [0.29, 0.717) is 25.9 Å². The number of hydrogen-bond donors (Lipinski definition) is 4. The third kappa shape index (κ3) is 11.4. The van der Waals surface area contributed by atoms with Crippen molar-refractivity contribution in [2.24, 2.45) is 22.9 Å². The molecule has 0 amide bonds. The van der Waals surface area contributed by atoms with Crippen molar-refractivity contribution in [3.63, 3.8) is 0 Å². The molecule has 0 heterocycles. The molecule has 0 aromatic rings. The number of carbonyl (C=O) groups is 2. The van der Waals surface area contributed by atoms with E-state index in [1.807, 2.05) is 0 Å². The maximum Gasteiger partial charge on any atom is 0.419 e. The normalized spacial score (nSPS) is 13.5. The van der Waals surface area contributed by atoms with Gasteiger partial charge in [0.2, 0.25) is 0 Å². The molecule has 0 saturated heterocycles. The molecule has 0 aromatic carbocycles. The average Bonchev–Trinajstić information content (AvgIpc) is 2.48. The second-order valence-corrected chi connectivity index (χ2v) is 5.16. The van der Waals surface area contributed by atoms with E-state index < -0.39 is 24.4 Å². The molecule has 0 aliphatic carbocycles. The molecular weight excluding hydrogens is 288 g/mol. The Bertz CT molecular complexity index is 285. The summed E-state index contributed by atoms with van der Waals surface area (Å²) in [6, 6.07) is 0. The largest absolute Gasteiger partial charge is 0.438 e. The van der Waals surface area contributed by atoms with Gasteiger partial charge in [0.05, 0.1) is 0 Å². The Morgan fingerprint density at radius 2 is 1.05 bits per heavy atom. The van der Waals surface area contributed by atoms with Crippen molar-refractivity contribution in [2.45, 2.75) is 63.8 Å². The van der Waals surface area contributed by atoms with Crippen LogP contribution in [0.3, 0.4) is 0 Å². The van der Waals surface area contributed by atoms with E-state index in [-0.39, 0.29) is 0 Å². The monoisotopic (exact) mass is 318 g/mol. The van der Waals surface area contributed by atoms with E-state index in [1.165, 1.54) is 0 Å². The van der Waals surface area contributed by atoms with Crippen molar-refractivity contribution in [3.8, 4) is 0 Å². The van der Waals surface area contributed by atoms with Crippen LogP contribution in [0, 0.1) is 0 Å². The van der Waals surface area contributed by atoms with Gasteiger partial charge in [-0.15, -0.1) is 0 Å². The Labute approximate surface area is 131 Å². The molecule has 0 aliphatic heterocycles. The van der Waals surface area contributed by atoms with Crippen molar-refractivity contribution in [1.82, 2.24) is 0 Å². The number of nitrogens with two attached hydrogens (primary N) is 4. The highest BCUT2D eigenvalue weighted by Gasteiger charge is 2.22. The first-order valence-electron chi connectivity index (χ1n) is 7.84. The number of hydrogen-bond acceptors (Lipinski definition) is 8. The number of esters is 2. The molecule has 0 bridgehead atoms. The molecule has 0 spiro atoms. The van der Waals surface area contributed by atoms with Crippen molar-refractivity contribution >= 4 is 11.9 Å². The Kier molecular flexibility index (Phi) is 12.7. The summed E-state index contributed by atoms with van der Waals surface area (Å²) in [5, 5.41) is 0. The molecule has 8 heteroatoms. The maximum atomic E-state index is 11.5. The maximum absolute atomic E-state index is 11.5. The highest BCUT2D eigenvalue weighted by atomic mass is 16.6. The predicted molar refractivity (Wildman–Crippen MR) is 83.2 cm³/mol. The van der Waals surface area contributed by atoms with Crippen LogP contribution in [0.5, 0.6) is 0 Å². The lowest BCUT2D eigenvalue weighted by Gasteiger charge is -2.15. The number of rotatable bonds is 12. The van der Waals surface area contributed by atoms with Crippen molar-refractivity contribution in [3.05, 3.63) is 0 Å². The van der Waals surface area contributed by atoms with Crippen LogP contribution in [0.2, 0.25) is 0 Å². The smallest absolute Gasteiger partial charge is 0.419 e. The quantitative estimate of drug-likeness (QED) is 0.165. The van der Waals surface area contributed by atoms with Gasteiger partial charge in [-0.1, -0.05) is 12.8 Å². The predicted octanol–water partition coefficient (Wildman–Crippen LogP) is -0.319. The van der Waals surface area contributed by atoms with Crippen molar-refractivity contribution in [2.75, 3.05) is 13.1 Å². The van der Waals surface area contributed by atoms with Crippen molar-refractivity contribution in [1.29, 1.82) is 0 Å². The SMILES string of the molecule is NCCCCCC(N)OC(=O)C(=O)OC(N)CCCCCN. The lowest BCUT2D eigenvalue weighted by atomic mass is 10.2. The van der Waals surface area contributed by atoms with Crippen LogP contribution < -0.4 is 22.9 Å². The molecular formula is C14H30N4O4. The van der Waals surface area contributed by atoms with Gasteiger partial charge in [-0.2, -0.15) is 0 Å². The zero-order valence-corrected chi connectivity index (χ0v) is 13.2. The zero-order valence-electron chi connectivity index (χ0n) is 13.2. The molecule has 0 aliphatic rings. The highest BCUT2D eigenvalue weighted by Crippen LogP contribution is 2.05. The molecule has 130 valence electrons. The van der Waals surface area contributed by atoms with Gasteiger partial charge in [-0.05, 0) is 51.6 Å². The van der Waals surface area contributed by atoms with Crippen LogP contribution in [0.25, 0.3) is 0 Å². The average molecular weight is 318 g/mol. The summed E-state index contributed by atoms with van der Waals surface area (Å²) in [7, 11) is 0. The van der Waals surface area contributed by atoms with Crippen LogP contribution in [0.1, 0.15) is 51.4 Å². The Morgan fingerprint density at radius 1 is 0.682 bits per heavy atom. The minimum Gasteiger partial charge on any atom is -0.438 e. The van der Waals surface area contributed by atoms with Gasteiger partial charge in [0.15, 0.2) is 12.5 Å². The molecule has 0 aromatic heterocycles. The first kappa shape index (κ1) is 20.8. The van der Waals surface area contributed by atoms with Gasteiger partial charge < -0.3 is 20.9 Å².